The summed E-state index contributed by atoms with van der Waals surface area (Å²) >= 11 is 0. The van der Waals surface area contributed by atoms with Gasteiger partial charge in [-0.1, -0.05) is 0 Å². The Bertz CT molecular complexity index is 599. The highest BCUT2D eigenvalue weighted by Gasteiger charge is 2.16. The molecule has 0 unspecified atom stereocenters. The molecule has 0 aliphatic carbocycles. The first kappa shape index (κ1) is 11.5. The van der Waals surface area contributed by atoms with Gasteiger partial charge in [-0.3, -0.25) is 0 Å². The molecule has 0 fully saturated rings. The molecule has 5 nitrogen and oxygen atoms in total. The van der Waals surface area contributed by atoms with E-state index < -0.39 is 15.9 Å². The molecular weight excluding hydrogens is 247 g/mol. The van der Waals surface area contributed by atoms with Crippen molar-refractivity contribution >= 4 is 10.1 Å². The summed E-state index contributed by atoms with van der Waals surface area (Å²) in [5.41, 5.74) is 0. The van der Waals surface area contributed by atoms with E-state index in [1.807, 2.05) is 0 Å². The zero-order valence-corrected chi connectivity index (χ0v) is 9.26. The summed E-state index contributed by atoms with van der Waals surface area (Å²) in [7, 11) is -3.99. The first-order valence-corrected chi connectivity index (χ1v) is 5.95. The fourth-order valence-corrected chi connectivity index (χ4v) is 1.98. The third-order valence-corrected chi connectivity index (χ3v) is 3.09. The summed E-state index contributed by atoms with van der Waals surface area (Å²) in [6, 6.07) is 5.62. The summed E-state index contributed by atoms with van der Waals surface area (Å²) < 4.78 is 40.8. The molecule has 17 heavy (non-hydrogen) atoms. The molecule has 0 bridgehead atoms. The Balaban J connectivity index is 2.29. The number of hydrogen-bond acceptors (Lipinski definition) is 5. The molecule has 0 atom stereocenters. The van der Waals surface area contributed by atoms with Gasteiger partial charge in [0.1, 0.15) is 17.0 Å². The van der Waals surface area contributed by atoms with Gasteiger partial charge in [0, 0.05) is 12.3 Å². The molecule has 1 aromatic carbocycles. The lowest BCUT2D eigenvalue weighted by Gasteiger charge is -2.04. The lowest BCUT2D eigenvalue weighted by atomic mass is 10.4. The molecule has 0 saturated carbocycles. The molecule has 7 heteroatoms. The average Bonchev–Trinajstić information content (AvgIpc) is 2.30. The van der Waals surface area contributed by atoms with Gasteiger partial charge in [0.15, 0.2) is 0 Å². The Kier molecular flexibility index (Phi) is 3.01. The van der Waals surface area contributed by atoms with Crippen LogP contribution in [0.5, 0.6) is 5.88 Å². The number of aromatic nitrogens is 2. The van der Waals surface area contributed by atoms with Gasteiger partial charge in [0.25, 0.3) is 0 Å². The van der Waals surface area contributed by atoms with E-state index in [9.17, 15) is 12.8 Å². The van der Waals surface area contributed by atoms with E-state index in [-0.39, 0.29) is 10.8 Å². The fourth-order valence-electron chi connectivity index (χ4n) is 1.09. The van der Waals surface area contributed by atoms with E-state index in [0.29, 0.717) is 0 Å². The van der Waals surface area contributed by atoms with Crippen LogP contribution >= 0.6 is 0 Å². The Labute approximate surface area is 97.0 Å². The molecule has 0 amide bonds. The highest BCUT2D eigenvalue weighted by molar-refractivity contribution is 7.87. The van der Waals surface area contributed by atoms with E-state index >= 15 is 0 Å². The third-order valence-electron chi connectivity index (χ3n) is 1.85. The number of nitrogens with zero attached hydrogens (tertiary/aromatic N) is 2. The summed E-state index contributed by atoms with van der Waals surface area (Å²) in [6.45, 7) is 0. The molecule has 1 heterocycles. The molecule has 0 spiro atoms. The highest BCUT2D eigenvalue weighted by Crippen LogP contribution is 2.15. The molecule has 0 saturated heterocycles. The minimum Gasteiger partial charge on any atom is -0.358 e. The molecule has 2 aromatic rings. The maximum atomic E-state index is 12.6. The van der Waals surface area contributed by atoms with Crippen molar-refractivity contribution in [3.8, 4) is 5.88 Å². The van der Waals surface area contributed by atoms with Crippen molar-refractivity contribution in [2.45, 2.75) is 4.90 Å². The van der Waals surface area contributed by atoms with Crippen LogP contribution in [-0.2, 0) is 10.1 Å². The normalized spacial score (nSPS) is 11.1. The van der Waals surface area contributed by atoms with Gasteiger partial charge in [0.2, 0.25) is 5.88 Å². The first-order chi connectivity index (χ1) is 8.08. The van der Waals surface area contributed by atoms with Gasteiger partial charge < -0.3 is 4.18 Å². The van der Waals surface area contributed by atoms with Crippen LogP contribution in [0.3, 0.4) is 0 Å². The predicted molar refractivity (Wildman–Crippen MR) is 56.2 cm³/mol. The maximum Gasteiger partial charge on any atom is 0.340 e. The molecular formula is C10H7FN2O3S. The van der Waals surface area contributed by atoms with Crippen LogP contribution in [0.15, 0.2) is 47.8 Å². The van der Waals surface area contributed by atoms with Crippen molar-refractivity contribution < 1.29 is 17.0 Å². The minimum absolute atomic E-state index is 0.0932. The largest absolute Gasteiger partial charge is 0.358 e. The van der Waals surface area contributed by atoms with Gasteiger partial charge in [-0.05, 0) is 24.3 Å². The highest BCUT2D eigenvalue weighted by atomic mass is 32.2. The van der Waals surface area contributed by atoms with Gasteiger partial charge in [-0.25, -0.2) is 14.4 Å². The Morgan fingerprint density at radius 3 is 2.41 bits per heavy atom. The van der Waals surface area contributed by atoms with Crippen LogP contribution < -0.4 is 4.18 Å². The molecule has 1 aromatic heterocycles. The van der Waals surface area contributed by atoms with E-state index in [2.05, 4.69) is 9.97 Å². The summed E-state index contributed by atoms with van der Waals surface area (Å²) in [5.74, 6) is -0.615. The van der Waals surface area contributed by atoms with Crippen molar-refractivity contribution in [3.05, 3.63) is 48.7 Å². The second-order valence-corrected chi connectivity index (χ2v) is 4.59. The average molecular weight is 254 g/mol. The molecule has 2 rings (SSSR count). The third kappa shape index (κ3) is 2.76. The van der Waals surface area contributed by atoms with Gasteiger partial charge in [-0.15, -0.1) is 0 Å². The van der Waals surface area contributed by atoms with E-state index in [4.69, 9.17) is 4.18 Å². The zero-order valence-electron chi connectivity index (χ0n) is 8.45. The van der Waals surface area contributed by atoms with Crippen LogP contribution in [-0.4, -0.2) is 18.4 Å². The number of halogens is 1. The number of benzene rings is 1. The fraction of sp³-hybridized carbons (Fsp3) is 0. The zero-order chi connectivity index (χ0) is 12.3. The predicted octanol–water partition coefficient (Wildman–Crippen LogP) is 1.38. The Hall–Kier alpha value is -2.02. The number of rotatable bonds is 3. The summed E-state index contributed by atoms with van der Waals surface area (Å²) in [4.78, 5) is 7.10. The molecule has 88 valence electrons. The molecule has 0 aliphatic rings. The van der Waals surface area contributed by atoms with Crippen molar-refractivity contribution in [2.24, 2.45) is 0 Å². The Morgan fingerprint density at radius 1 is 1.12 bits per heavy atom. The lowest BCUT2D eigenvalue weighted by Crippen LogP contribution is -2.10. The molecule has 0 N–H and O–H groups in total. The van der Waals surface area contributed by atoms with Crippen molar-refractivity contribution in [1.82, 2.24) is 9.97 Å². The van der Waals surface area contributed by atoms with Crippen molar-refractivity contribution in [2.75, 3.05) is 0 Å². The number of hydrogen-bond donors (Lipinski definition) is 0. The maximum absolute atomic E-state index is 12.6. The Morgan fingerprint density at radius 2 is 1.82 bits per heavy atom. The topological polar surface area (TPSA) is 69.2 Å². The minimum atomic E-state index is -3.99. The monoisotopic (exact) mass is 254 g/mol. The SMILES string of the molecule is O=S(=O)(Oc1ccncn1)c1ccc(F)cc1. The first-order valence-electron chi connectivity index (χ1n) is 4.54. The van der Waals surface area contributed by atoms with Crippen LogP contribution in [0.1, 0.15) is 0 Å². The van der Waals surface area contributed by atoms with Crippen LogP contribution in [0, 0.1) is 5.82 Å². The van der Waals surface area contributed by atoms with Crippen molar-refractivity contribution in [3.63, 3.8) is 0 Å². The van der Waals surface area contributed by atoms with Gasteiger partial charge >= 0.3 is 10.1 Å². The van der Waals surface area contributed by atoms with Crippen LogP contribution in [0.4, 0.5) is 4.39 Å². The molecule has 0 radical (unpaired) electrons. The van der Waals surface area contributed by atoms with E-state index in [1.54, 1.807) is 0 Å². The van der Waals surface area contributed by atoms with Crippen molar-refractivity contribution in [1.29, 1.82) is 0 Å². The van der Waals surface area contributed by atoms with E-state index in [0.717, 1.165) is 30.6 Å². The lowest BCUT2D eigenvalue weighted by molar-refractivity contribution is 0.475. The van der Waals surface area contributed by atoms with Gasteiger partial charge in [0.05, 0.1) is 0 Å². The second-order valence-electron chi connectivity index (χ2n) is 3.04. The second kappa shape index (κ2) is 4.46. The van der Waals surface area contributed by atoms with E-state index in [1.165, 1.54) is 12.3 Å². The van der Waals surface area contributed by atoms with Crippen LogP contribution in [0.25, 0.3) is 0 Å². The standard InChI is InChI=1S/C10H7FN2O3S/c11-8-1-3-9(4-2-8)17(14,15)16-10-5-6-12-7-13-10/h1-7H. The molecule has 0 aliphatic heterocycles. The summed E-state index contributed by atoms with van der Waals surface area (Å²) in [5, 5.41) is 0. The quantitative estimate of drug-likeness (QED) is 0.774. The van der Waals surface area contributed by atoms with Crippen LogP contribution in [0.2, 0.25) is 0 Å². The summed E-state index contributed by atoms with van der Waals surface area (Å²) in [6.07, 6.45) is 2.51. The van der Waals surface area contributed by atoms with Gasteiger partial charge in [-0.2, -0.15) is 8.42 Å². The smallest absolute Gasteiger partial charge is 0.340 e.